The predicted octanol–water partition coefficient (Wildman–Crippen LogP) is 6.64. The number of alkyl halides is 3. The molecule has 0 bridgehead atoms. The summed E-state index contributed by atoms with van der Waals surface area (Å²) in [7, 11) is 0. The minimum atomic E-state index is -4.31. The molecule has 2 aliphatic rings. The van der Waals surface area contributed by atoms with Gasteiger partial charge in [-0.3, -0.25) is 4.90 Å². The van der Waals surface area contributed by atoms with Crippen molar-refractivity contribution in [1.82, 2.24) is 25.5 Å². The van der Waals surface area contributed by atoms with E-state index in [1.807, 2.05) is 0 Å². The van der Waals surface area contributed by atoms with Gasteiger partial charge < -0.3 is 0 Å². The van der Waals surface area contributed by atoms with Gasteiger partial charge in [-0.15, -0.1) is 10.2 Å². The van der Waals surface area contributed by atoms with Crippen molar-refractivity contribution in [2.45, 2.75) is 96.2 Å². The topological polar surface area (TPSA) is 57.7 Å². The Kier molecular flexibility index (Phi) is 8.84. The Morgan fingerprint density at radius 2 is 1.74 bits per heavy atom. The van der Waals surface area contributed by atoms with E-state index in [1.54, 1.807) is 12.1 Å². The molecule has 8 heteroatoms. The lowest BCUT2D eigenvalue weighted by atomic mass is 9.72. The number of hydrogen-bond donors (Lipinski definition) is 1. The molecule has 5 nitrogen and oxygen atoms in total. The summed E-state index contributed by atoms with van der Waals surface area (Å²) < 4.78 is 39.7. The van der Waals surface area contributed by atoms with Gasteiger partial charge in [-0.2, -0.15) is 18.4 Å². The fourth-order valence-corrected chi connectivity index (χ4v) is 6.19. The second-order valence-corrected chi connectivity index (χ2v) is 11.2. The molecule has 2 saturated carbocycles. The van der Waals surface area contributed by atoms with Crippen LogP contribution in [0.1, 0.15) is 94.5 Å². The number of benzene rings is 1. The van der Waals surface area contributed by atoms with E-state index in [2.05, 4.69) is 39.4 Å². The minimum Gasteiger partial charge on any atom is -0.299 e. The number of nitrogens with zero attached hydrogens (tertiary/aromatic N) is 4. The molecule has 2 aromatic rings. The highest BCUT2D eigenvalue weighted by Gasteiger charge is 2.37. The van der Waals surface area contributed by atoms with Crippen molar-refractivity contribution in [3.63, 3.8) is 0 Å². The van der Waals surface area contributed by atoms with Gasteiger partial charge in [0.15, 0.2) is 5.82 Å². The average molecular weight is 492 g/mol. The largest absolute Gasteiger partial charge is 0.416 e. The Hall–Kier alpha value is -1.96. The van der Waals surface area contributed by atoms with Crippen LogP contribution in [0.25, 0.3) is 0 Å². The highest BCUT2D eigenvalue weighted by atomic mass is 19.4. The lowest BCUT2D eigenvalue weighted by molar-refractivity contribution is -0.137. The summed E-state index contributed by atoms with van der Waals surface area (Å²) in [5.74, 6) is 2.69. The molecule has 0 saturated heterocycles. The van der Waals surface area contributed by atoms with E-state index in [-0.39, 0.29) is 5.92 Å². The Balaban J connectivity index is 1.57. The van der Waals surface area contributed by atoms with Crippen molar-refractivity contribution >= 4 is 0 Å². The number of halogens is 3. The third kappa shape index (κ3) is 7.28. The number of hydrogen-bond acceptors (Lipinski definition) is 4. The third-order valence-electron chi connectivity index (χ3n) is 8.13. The maximum absolute atomic E-state index is 13.2. The van der Waals surface area contributed by atoms with Crippen LogP contribution >= 0.6 is 0 Å². The molecule has 1 heterocycles. The highest BCUT2D eigenvalue weighted by Crippen LogP contribution is 2.42. The number of tetrazole rings is 1. The third-order valence-corrected chi connectivity index (χ3v) is 8.13. The van der Waals surface area contributed by atoms with Crippen molar-refractivity contribution < 1.29 is 13.2 Å². The molecule has 2 fully saturated rings. The van der Waals surface area contributed by atoms with Crippen LogP contribution in [0, 0.1) is 17.8 Å². The van der Waals surface area contributed by atoms with Crippen LogP contribution in [0.5, 0.6) is 0 Å². The monoisotopic (exact) mass is 491 g/mol. The van der Waals surface area contributed by atoms with Crippen molar-refractivity contribution in [2.24, 2.45) is 17.8 Å². The molecular weight excluding hydrogens is 451 g/mol. The molecule has 1 N–H and O–H groups in total. The molecule has 1 aromatic heterocycles. The Labute approximate surface area is 207 Å². The first-order chi connectivity index (χ1) is 16.8. The first-order valence-electron chi connectivity index (χ1n) is 13.4. The number of aromatic nitrogens is 4. The summed E-state index contributed by atoms with van der Waals surface area (Å²) >= 11 is 0. The van der Waals surface area contributed by atoms with Crippen LogP contribution in [0.15, 0.2) is 24.3 Å². The predicted molar refractivity (Wildman–Crippen MR) is 131 cm³/mol. The summed E-state index contributed by atoms with van der Waals surface area (Å²) in [6.45, 7) is 6.72. The van der Waals surface area contributed by atoms with Gasteiger partial charge in [0, 0.05) is 19.0 Å². The molecule has 0 radical (unpaired) electrons. The lowest BCUT2D eigenvalue weighted by Crippen LogP contribution is -2.46. The molecule has 2 aliphatic carbocycles. The second-order valence-electron chi connectivity index (χ2n) is 11.2. The van der Waals surface area contributed by atoms with E-state index in [9.17, 15) is 13.2 Å². The standard InChI is InChI=1S/C27H40F3N5/c1-19(2)14-15-35(18-20-6-4-3-5-7-20)25-13-8-21(17-26-31-33-34-32-26)16-24(25)22-9-11-23(12-10-22)27(28,29)30/h9-12,19-21,24-25H,3-8,13-18H2,1-2H3,(H,31,32,33,34)/t21-,24+,25-/m1/s1. The van der Waals surface area contributed by atoms with Gasteiger partial charge in [-0.05, 0) is 86.4 Å². The molecule has 0 aliphatic heterocycles. The zero-order valence-corrected chi connectivity index (χ0v) is 21.1. The van der Waals surface area contributed by atoms with Crippen LogP contribution in [-0.4, -0.2) is 44.7 Å². The minimum absolute atomic E-state index is 0.207. The van der Waals surface area contributed by atoms with Crippen molar-refractivity contribution in [1.29, 1.82) is 0 Å². The first kappa shape index (κ1) is 26.1. The summed E-state index contributed by atoms with van der Waals surface area (Å²) in [5, 5.41) is 14.5. The zero-order valence-electron chi connectivity index (χ0n) is 21.1. The van der Waals surface area contributed by atoms with E-state index in [4.69, 9.17) is 0 Å². The normalized spacial score (nSPS) is 24.4. The maximum atomic E-state index is 13.2. The first-order valence-corrected chi connectivity index (χ1v) is 13.4. The van der Waals surface area contributed by atoms with Gasteiger partial charge in [0.2, 0.25) is 0 Å². The SMILES string of the molecule is CC(C)CCN(CC1CCCCC1)[C@@H]1CC[C@@H](Cc2nn[nH]n2)C[C@H]1c1ccc(C(F)(F)F)cc1. The van der Waals surface area contributed by atoms with Crippen molar-refractivity contribution in [3.05, 3.63) is 41.2 Å². The molecule has 1 aromatic carbocycles. The molecule has 3 atom stereocenters. The van der Waals surface area contributed by atoms with Crippen molar-refractivity contribution in [3.8, 4) is 0 Å². The van der Waals surface area contributed by atoms with E-state index in [0.717, 1.165) is 62.5 Å². The van der Waals surface area contributed by atoms with Crippen LogP contribution in [0.2, 0.25) is 0 Å². The van der Waals surface area contributed by atoms with Gasteiger partial charge in [0.25, 0.3) is 0 Å². The summed E-state index contributed by atoms with van der Waals surface area (Å²) in [4.78, 5) is 2.71. The van der Waals surface area contributed by atoms with E-state index in [1.165, 1.54) is 44.2 Å². The van der Waals surface area contributed by atoms with Crippen molar-refractivity contribution in [2.75, 3.05) is 13.1 Å². The molecule has 0 spiro atoms. The quantitative estimate of drug-likeness (QED) is 0.427. The zero-order chi connectivity index (χ0) is 24.8. The van der Waals surface area contributed by atoms with E-state index < -0.39 is 11.7 Å². The fourth-order valence-electron chi connectivity index (χ4n) is 6.19. The lowest BCUT2D eigenvalue weighted by Gasteiger charge is -2.44. The van der Waals surface area contributed by atoms with Crippen LogP contribution in [0.4, 0.5) is 13.2 Å². The molecular formula is C27H40F3N5. The van der Waals surface area contributed by atoms with Gasteiger partial charge in [0.1, 0.15) is 0 Å². The number of aromatic amines is 1. The molecule has 0 amide bonds. The summed E-state index contributed by atoms with van der Waals surface area (Å²) in [6, 6.07) is 6.31. The highest BCUT2D eigenvalue weighted by molar-refractivity contribution is 5.29. The summed E-state index contributed by atoms with van der Waals surface area (Å²) in [5.41, 5.74) is 0.454. The molecule has 0 unspecified atom stereocenters. The fraction of sp³-hybridized carbons (Fsp3) is 0.741. The van der Waals surface area contributed by atoms with Gasteiger partial charge >= 0.3 is 6.18 Å². The van der Waals surface area contributed by atoms with Crippen LogP contribution in [0.3, 0.4) is 0 Å². The van der Waals surface area contributed by atoms with Gasteiger partial charge in [-0.25, -0.2) is 0 Å². The van der Waals surface area contributed by atoms with Crippen LogP contribution < -0.4 is 0 Å². The molecule has 4 rings (SSSR count). The van der Waals surface area contributed by atoms with E-state index in [0.29, 0.717) is 17.9 Å². The van der Waals surface area contributed by atoms with Gasteiger partial charge in [0.05, 0.1) is 5.56 Å². The van der Waals surface area contributed by atoms with Crippen LogP contribution in [-0.2, 0) is 12.6 Å². The second kappa shape index (κ2) is 11.8. The number of H-pyrrole nitrogens is 1. The Morgan fingerprint density at radius 3 is 2.37 bits per heavy atom. The average Bonchev–Trinajstić information content (AvgIpc) is 3.35. The Morgan fingerprint density at radius 1 is 1.00 bits per heavy atom. The van der Waals surface area contributed by atoms with Gasteiger partial charge in [-0.1, -0.05) is 50.5 Å². The molecule has 194 valence electrons. The van der Waals surface area contributed by atoms with E-state index >= 15 is 0 Å². The Bertz CT molecular complexity index is 875. The smallest absolute Gasteiger partial charge is 0.299 e. The number of nitrogens with one attached hydrogen (secondary N) is 1. The number of rotatable bonds is 9. The molecule has 35 heavy (non-hydrogen) atoms. The summed E-state index contributed by atoms with van der Waals surface area (Å²) in [6.07, 6.45) is 7.27. The maximum Gasteiger partial charge on any atom is 0.416 e.